The summed E-state index contributed by atoms with van der Waals surface area (Å²) in [6.07, 6.45) is -0.309. The standard InChI is InChI=1S/C16H26N4O4/c1-11-10-13(24-18-11)17-14(21)12(2)19-6-8-20(9-7-19)15(22)23-16(3,4)5/h10,12H,6-9H2,1-5H3,(H,17,21). The highest BCUT2D eigenvalue weighted by atomic mass is 16.6. The number of carbonyl (C=O) groups is 2. The smallest absolute Gasteiger partial charge is 0.410 e. The summed E-state index contributed by atoms with van der Waals surface area (Å²) in [4.78, 5) is 28.0. The van der Waals surface area contributed by atoms with Crippen LogP contribution in [0.1, 0.15) is 33.4 Å². The Hall–Kier alpha value is -2.09. The molecule has 0 aromatic carbocycles. The van der Waals surface area contributed by atoms with Crippen molar-refractivity contribution in [2.45, 2.75) is 46.3 Å². The van der Waals surface area contributed by atoms with Gasteiger partial charge in [-0.15, -0.1) is 0 Å². The summed E-state index contributed by atoms with van der Waals surface area (Å²) in [7, 11) is 0. The van der Waals surface area contributed by atoms with Crippen molar-refractivity contribution in [2.24, 2.45) is 0 Å². The fourth-order valence-corrected chi connectivity index (χ4v) is 2.43. The van der Waals surface area contributed by atoms with Crippen molar-refractivity contribution in [1.82, 2.24) is 15.0 Å². The van der Waals surface area contributed by atoms with E-state index < -0.39 is 5.60 Å². The third-order valence-electron chi connectivity index (χ3n) is 3.77. The zero-order chi connectivity index (χ0) is 17.9. The summed E-state index contributed by atoms with van der Waals surface area (Å²) in [5.74, 6) is 0.189. The minimum absolute atomic E-state index is 0.156. The number of anilines is 1. The predicted molar refractivity (Wildman–Crippen MR) is 88.7 cm³/mol. The number of piperazine rings is 1. The monoisotopic (exact) mass is 338 g/mol. The van der Waals surface area contributed by atoms with Crippen LogP contribution in [0.2, 0.25) is 0 Å². The molecule has 134 valence electrons. The number of ether oxygens (including phenoxy) is 1. The van der Waals surface area contributed by atoms with Crippen molar-refractivity contribution in [3.8, 4) is 0 Å². The Bertz CT molecular complexity index is 585. The molecule has 24 heavy (non-hydrogen) atoms. The number of hydrogen-bond donors (Lipinski definition) is 1. The van der Waals surface area contributed by atoms with E-state index in [-0.39, 0.29) is 18.0 Å². The molecule has 0 radical (unpaired) electrons. The summed E-state index contributed by atoms with van der Waals surface area (Å²) < 4.78 is 10.4. The Morgan fingerprint density at radius 2 is 1.92 bits per heavy atom. The molecule has 0 aliphatic carbocycles. The van der Waals surface area contributed by atoms with Gasteiger partial charge in [-0.25, -0.2) is 4.79 Å². The summed E-state index contributed by atoms with van der Waals surface area (Å²) in [5.41, 5.74) is 0.209. The van der Waals surface area contributed by atoms with Crippen LogP contribution in [0, 0.1) is 6.92 Å². The molecule has 8 nitrogen and oxygen atoms in total. The number of rotatable bonds is 3. The van der Waals surface area contributed by atoms with E-state index in [0.29, 0.717) is 37.8 Å². The van der Waals surface area contributed by atoms with Gasteiger partial charge in [0.25, 0.3) is 0 Å². The predicted octanol–water partition coefficient (Wildman–Crippen LogP) is 1.86. The van der Waals surface area contributed by atoms with Crippen molar-refractivity contribution >= 4 is 17.9 Å². The number of carbonyl (C=O) groups excluding carboxylic acids is 2. The van der Waals surface area contributed by atoms with Crippen LogP contribution < -0.4 is 5.32 Å². The average Bonchev–Trinajstić information content (AvgIpc) is 2.90. The van der Waals surface area contributed by atoms with E-state index in [0.717, 1.165) is 0 Å². The SMILES string of the molecule is Cc1cc(NC(=O)C(C)N2CCN(C(=O)OC(C)(C)C)CC2)on1. The van der Waals surface area contributed by atoms with Crippen molar-refractivity contribution in [2.75, 3.05) is 31.5 Å². The Balaban J connectivity index is 1.82. The van der Waals surface area contributed by atoms with E-state index in [1.165, 1.54) is 0 Å². The number of nitrogens with zero attached hydrogens (tertiary/aromatic N) is 3. The highest BCUT2D eigenvalue weighted by Gasteiger charge is 2.30. The molecule has 1 fully saturated rings. The van der Waals surface area contributed by atoms with Crippen molar-refractivity contribution in [3.05, 3.63) is 11.8 Å². The van der Waals surface area contributed by atoms with Crippen LogP contribution in [0.3, 0.4) is 0 Å². The molecule has 0 saturated carbocycles. The lowest BCUT2D eigenvalue weighted by Gasteiger charge is -2.37. The fourth-order valence-electron chi connectivity index (χ4n) is 2.43. The average molecular weight is 338 g/mol. The number of aryl methyl sites for hydroxylation is 1. The van der Waals surface area contributed by atoms with Gasteiger partial charge in [0.15, 0.2) is 0 Å². The third kappa shape index (κ3) is 4.95. The maximum atomic E-state index is 12.3. The molecular weight excluding hydrogens is 312 g/mol. The summed E-state index contributed by atoms with van der Waals surface area (Å²) >= 11 is 0. The van der Waals surface area contributed by atoms with E-state index in [1.807, 2.05) is 32.6 Å². The first-order valence-corrected chi connectivity index (χ1v) is 8.12. The molecule has 1 aliphatic rings. The lowest BCUT2D eigenvalue weighted by atomic mass is 10.2. The zero-order valence-corrected chi connectivity index (χ0v) is 15.0. The van der Waals surface area contributed by atoms with Gasteiger partial charge in [-0.05, 0) is 34.6 Å². The largest absolute Gasteiger partial charge is 0.444 e. The number of hydrogen-bond acceptors (Lipinski definition) is 6. The Morgan fingerprint density at radius 3 is 2.42 bits per heavy atom. The van der Waals surface area contributed by atoms with Gasteiger partial charge in [-0.3, -0.25) is 15.0 Å². The van der Waals surface area contributed by atoms with E-state index in [4.69, 9.17) is 9.26 Å². The van der Waals surface area contributed by atoms with Crippen LogP contribution in [-0.4, -0.2) is 64.8 Å². The highest BCUT2D eigenvalue weighted by molar-refractivity contribution is 5.93. The molecule has 2 amide bonds. The number of nitrogens with one attached hydrogen (secondary N) is 1. The summed E-state index contributed by atoms with van der Waals surface area (Å²) in [6, 6.07) is 1.35. The van der Waals surface area contributed by atoms with Crippen LogP contribution in [0.25, 0.3) is 0 Å². The molecule has 0 spiro atoms. The first-order valence-electron chi connectivity index (χ1n) is 8.12. The topological polar surface area (TPSA) is 87.9 Å². The zero-order valence-electron chi connectivity index (χ0n) is 15.0. The van der Waals surface area contributed by atoms with Gasteiger partial charge < -0.3 is 14.2 Å². The first-order chi connectivity index (χ1) is 11.2. The summed E-state index contributed by atoms with van der Waals surface area (Å²) in [5, 5.41) is 6.45. The first kappa shape index (κ1) is 18.3. The second-order valence-corrected chi connectivity index (χ2v) is 7.00. The van der Waals surface area contributed by atoms with Gasteiger partial charge in [0.2, 0.25) is 11.8 Å². The second kappa shape index (κ2) is 7.21. The van der Waals surface area contributed by atoms with Crippen LogP contribution in [0.15, 0.2) is 10.6 Å². The maximum absolute atomic E-state index is 12.3. The van der Waals surface area contributed by atoms with Gasteiger partial charge in [0, 0.05) is 32.2 Å². The quantitative estimate of drug-likeness (QED) is 0.905. The van der Waals surface area contributed by atoms with E-state index in [9.17, 15) is 9.59 Å². The third-order valence-corrected chi connectivity index (χ3v) is 3.77. The molecular formula is C16H26N4O4. The minimum Gasteiger partial charge on any atom is -0.444 e. The number of amides is 2. The van der Waals surface area contributed by atoms with E-state index in [1.54, 1.807) is 17.9 Å². The lowest BCUT2D eigenvalue weighted by Crippen LogP contribution is -2.54. The minimum atomic E-state index is -0.503. The van der Waals surface area contributed by atoms with Crippen LogP contribution >= 0.6 is 0 Å². The Kier molecular flexibility index (Phi) is 5.48. The van der Waals surface area contributed by atoms with Gasteiger partial charge in [0.1, 0.15) is 5.60 Å². The lowest BCUT2D eigenvalue weighted by molar-refractivity contribution is -0.121. The molecule has 8 heteroatoms. The molecule has 2 heterocycles. The molecule has 1 atom stereocenters. The van der Waals surface area contributed by atoms with Crippen molar-refractivity contribution in [3.63, 3.8) is 0 Å². The number of aromatic nitrogens is 1. The van der Waals surface area contributed by atoms with Gasteiger partial charge in [-0.1, -0.05) is 5.16 Å². The Labute approximate surface area is 142 Å². The molecule has 1 aromatic heterocycles. The maximum Gasteiger partial charge on any atom is 0.410 e. The van der Waals surface area contributed by atoms with Gasteiger partial charge >= 0.3 is 6.09 Å². The van der Waals surface area contributed by atoms with Crippen LogP contribution in [-0.2, 0) is 9.53 Å². The van der Waals surface area contributed by atoms with E-state index in [2.05, 4.69) is 10.5 Å². The molecule has 1 aliphatic heterocycles. The normalized spacial score (nSPS) is 17.5. The molecule has 2 rings (SSSR count). The fraction of sp³-hybridized carbons (Fsp3) is 0.688. The molecule has 1 saturated heterocycles. The van der Waals surface area contributed by atoms with Crippen molar-refractivity contribution in [1.29, 1.82) is 0 Å². The molecule has 1 unspecified atom stereocenters. The van der Waals surface area contributed by atoms with E-state index >= 15 is 0 Å². The highest BCUT2D eigenvalue weighted by Crippen LogP contribution is 2.14. The van der Waals surface area contributed by atoms with Crippen molar-refractivity contribution < 1.29 is 18.8 Å². The van der Waals surface area contributed by atoms with Crippen LogP contribution in [0.5, 0.6) is 0 Å². The van der Waals surface area contributed by atoms with Crippen LogP contribution in [0.4, 0.5) is 10.7 Å². The second-order valence-electron chi connectivity index (χ2n) is 7.00. The molecule has 1 aromatic rings. The summed E-state index contributed by atoms with van der Waals surface area (Å²) in [6.45, 7) is 11.5. The van der Waals surface area contributed by atoms with Gasteiger partial charge in [-0.2, -0.15) is 0 Å². The van der Waals surface area contributed by atoms with Gasteiger partial charge in [0.05, 0.1) is 11.7 Å². The molecule has 0 bridgehead atoms. The Morgan fingerprint density at radius 1 is 1.29 bits per heavy atom. The molecule has 1 N–H and O–H groups in total.